The molecule has 2 N–H and O–H groups in total. The summed E-state index contributed by atoms with van der Waals surface area (Å²) < 4.78 is 21.7. The van der Waals surface area contributed by atoms with E-state index in [0.29, 0.717) is 41.2 Å². The van der Waals surface area contributed by atoms with Crippen LogP contribution in [0, 0.1) is 5.41 Å². The van der Waals surface area contributed by atoms with E-state index in [4.69, 9.17) is 24.7 Å². The molecule has 0 radical (unpaired) electrons. The summed E-state index contributed by atoms with van der Waals surface area (Å²) in [7, 11) is 3.07. The molecule has 156 valence electrons. The monoisotopic (exact) mass is 401 g/mol. The van der Waals surface area contributed by atoms with Crippen LogP contribution in [0.4, 0.5) is 0 Å². The predicted molar refractivity (Wildman–Crippen MR) is 106 cm³/mol. The van der Waals surface area contributed by atoms with Gasteiger partial charge in [0.25, 0.3) is 0 Å². The van der Waals surface area contributed by atoms with Crippen LogP contribution < -0.4 is 15.2 Å². The van der Waals surface area contributed by atoms with Crippen molar-refractivity contribution in [3.8, 4) is 11.5 Å². The number of esters is 1. The van der Waals surface area contributed by atoms with E-state index in [9.17, 15) is 9.59 Å². The maximum atomic E-state index is 13.1. The predicted octanol–water partition coefficient (Wildman–Crippen LogP) is 3.19. The number of rotatable bonds is 5. The minimum atomic E-state index is -0.693. The quantitative estimate of drug-likeness (QED) is 0.757. The van der Waals surface area contributed by atoms with Gasteiger partial charge in [0, 0.05) is 18.4 Å². The summed E-state index contributed by atoms with van der Waals surface area (Å²) in [6.45, 7) is 5.90. The molecule has 0 saturated heterocycles. The molecule has 1 aromatic rings. The fourth-order valence-electron chi connectivity index (χ4n) is 3.96. The van der Waals surface area contributed by atoms with Crippen LogP contribution in [0.1, 0.15) is 45.1 Å². The Balaban J connectivity index is 2.20. The maximum Gasteiger partial charge on any atom is 0.340 e. The molecule has 3 rings (SSSR count). The third-order valence-electron chi connectivity index (χ3n) is 5.19. The van der Waals surface area contributed by atoms with E-state index in [1.807, 2.05) is 13.8 Å². The van der Waals surface area contributed by atoms with Crippen molar-refractivity contribution in [2.45, 2.75) is 39.5 Å². The van der Waals surface area contributed by atoms with E-state index >= 15 is 0 Å². The first-order chi connectivity index (χ1) is 13.7. The lowest BCUT2D eigenvalue weighted by molar-refractivity contribution is -0.139. The fraction of sp³-hybridized carbons (Fsp3) is 0.455. The van der Waals surface area contributed by atoms with Gasteiger partial charge >= 0.3 is 5.97 Å². The topological polar surface area (TPSA) is 97.1 Å². The lowest BCUT2D eigenvalue weighted by Crippen LogP contribution is -2.35. The first kappa shape index (κ1) is 20.8. The second-order valence-corrected chi connectivity index (χ2v) is 7.93. The van der Waals surface area contributed by atoms with Crippen molar-refractivity contribution in [1.29, 1.82) is 0 Å². The molecule has 1 unspecified atom stereocenters. The van der Waals surface area contributed by atoms with Gasteiger partial charge in [0.1, 0.15) is 11.3 Å². The summed E-state index contributed by atoms with van der Waals surface area (Å²) in [5.41, 5.74) is 7.17. The number of nitrogens with two attached hydrogens (primary N) is 1. The largest absolute Gasteiger partial charge is 0.493 e. The zero-order valence-electron chi connectivity index (χ0n) is 17.5. The molecule has 1 heterocycles. The number of hydrogen-bond donors (Lipinski definition) is 1. The Morgan fingerprint density at radius 1 is 1.21 bits per heavy atom. The van der Waals surface area contributed by atoms with Crippen molar-refractivity contribution < 1.29 is 28.5 Å². The van der Waals surface area contributed by atoms with Gasteiger partial charge in [-0.05, 0) is 30.0 Å². The van der Waals surface area contributed by atoms with Crippen LogP contribution in [-0.2, 0) is 19.1 Å². The van der Waals surface area contributed by atoms with Gasteiger partial charge in [-0.15, -0.1) is 0 Å². The third kappa shape index (κ3) is 3.81. The van der Waals surface area contributed by atoms with Crippen molar-refractivity contribution in [2.75, 3.05) is 20.8 Å². The molecule has 0 aromatic heterocycles. The first-order valence-electron chi connectivity index (χ1n) is 9.55. The summed E-state index contributed by atoms with van der Waals surface area (Å²) in [6, 6.07) is 5.28. The van der Waals surface area contributed by atoms with Gasteiger partial charge in [-0.3, -0.25) is 4.79 Å². The molecule has 1 aromatic carbocycles. The number of methoxy groups -OCH3 is 2. The van der Waals surface area contributed by atoms with Gasteiger partial charge in [-0.2, -0.15) is 0 Å². The van der Waals surface area contributed by atoms with E-state index in [1.54, 1.807) is 32.2 Å². The van der Waals surface area contributed by atoms with Crippen LogP contribution in [0.15, 0.2) is 41.0 Å². The van der Waals surface area contributed by atoms with Gasteiger partial charge in [0.05, 0.1) is 26.7 Å². The van der Waals surface area contributed by atoms with Crippen molar-refractivity contribution in [3.63, 3.8) is 0 Å². The summed E-state index contributed by atoms with van der Waals surface area (Å²) in [5.74, 6) is 0.150. The Hall–Kier alpha value is -2.96. The Labute approximate surface area is 170 Å². The molecule has 7 nitrogen and oxygen atoms in total. The van der Waals surface area contributed by atoms with E-state index in [-0.39, 0.29) is 29.3 Å². The van der Waals surface area contributed by atoms with Crippen LogP contribution in [0.3, 0.4) is 0 Å². The number of carbonyl (C=O) groups excluding carboxylic acids is 2. The molecule has 2 aliphatic rings. The Morgan fingerprint density at radius 3 is 2.52 bits per heavy atom. The molecular weight excluding hydrogens is 374 g/mol. The molecule has 0 amide bonds. The maximum absolute atomic E-state index is 13.1. The Kier molecular flexibility index (Phi) is 5.59. The average molecular weight is 401 g/mol. The molecule has 0 saturated carbocycles. The smallest absolute Gasteiger partial charge is 0.340 e. The SMILES string of the molecule is CCOC(=O)C1=C(N)OC2=C(C(=O)CC(C)(C)C2)C1c1ccc(OC)c(OC)c1. The number of benzene rings is 1. The zero-order valence-corrected chi connectivity index (χ0v) is 17.5. The van der Waals surface area contributed by atoms with Crippen LogP contribution >= 0.6 is 0 Å². The fourth-order valence-corrected chi connectivity index (χ4v) is 3.96. The van der Waals surface area contributed by atoms with E-state index < -0.39 is 11.9 Å². The molecule has 1 atom stereocenters. The summed E-state index contributed by atoms with van der Waals surface area (Å²) in [6.07, 6.45) is 0.906. The highest BCUT2D eigenvalue weighted by Crippen LogP contribution is 2.49. The molecule has 0 spiro atoms. The molecule has 0 fully saturated rings. The van der Waals surface area contributed by atoms with Crippen LogP contribution in [0.25, 0.3) is 0 Å². The summed E-state index contributed by atoms with van der Waals surface area (Å²) >= 11 is 0. The number of ketones is 1. The number of Topliss-reactive ketones (excluding diaryl/α,β-unsaturated/α-hetero) is 1. The minimum absolute atomic E-state index is 0.0347. The van der Waals surface area contributed by atoms with Crippen molar-refractivity contribution in [2.24, 2.45) is 11.1 Å². The van der Waals surface area contributed by atoms with Gasteiger partial charge in [0.2, 0.25) is 5.88 Å². The molecule has 1 aliphatic carbocycles. The average Bonchev–Trinajstić information content (AvgIpc) is 2.65. The lowest BCUT2D eigenvalue weighted by Gasteiger charge is -2.38. The highest BCUT2D eigenvalue weighted by molar-refractivity contribution is 6.03. The standard InChI is InChI=1S/C22H27NO6/c1-6-28-21(25)19-17(12-7-8-14(26-4)15(9-12)27-5)18-13(24)10-22(2,3)11-16(18)29-20(19)23/h7-9,17H,6,10-11,23H2,1-5H3. The normalized spacial score (nSPS) is 20.7. The van der Waals surface area contributed by atoms with Crippen LogP contribution in [-0.4, -0.2) is 32.6 Å². The highest BCUT2D eigenvalue weighted by atomic mass is 16.5. The van der Waals surface area contributed by atoms with Crippen molar-refractivity contribution in [3.05, 3.63) is 46.6 Å². The number of hydrogen-bond acceptors (Lipinski definition) is 7. The second kappa shape index (κ2) is 7.81. The Morgan fingerprint density at radius 2 is 1.90 bits per heavy atom. The molecule has 1 aliphatic heterocycles. The number of allylic oxidation sites excluding steroid dienone is 2. The van der Waals surface area contributed by atoms with Gasteiger partial charge in [-0.25, -0.2) is 4.79 Å². The Bertz CT molecular complexity index is 912. The van der Waals surface area contributed by atoms with E-state index in [2.05, 4.69) is 0 Å². The third-order valence-corrected chi connectivity index (χ3v) is 5.19. The first-order valence-corrected chi connectivity index (χ1v) is 9.55. The molecular formula is C22H27NO6. The van der Waals surface area contributed by atoms with Gasteiger partial charge in [0.15, 0.2) is 17.3 Å². The van der Waals surface area contributed by atoms with E-state index in [1.165, 1.54) is 7.11 Å². The zero-order chi connectivity index (χ0) is 21.3. The lowest BCUT2D eigenvalue weighted by atomic mass is 9.70. The molecule has 29 heavy (non-hydrogen) atoms. The van der Waals surface area contributed by atoms with Crippen LogP contribution in [0.2, 0.25) is 0 Å². The number of ether oxygens (including phenoxy) is 4. The highest BCUT2D eigenvalue weighted by Gasteiger charge is 2.45. The summed E-state index contributed by atoms with van der Waals surface area (Å²) in [5, 5.41) is 0. The second-order valence-electron chi connectivity index (χ2n) is 7.93. The minimum Gasteiger partial charge on any atom is -0.493 e. The van der Waals surface area contributed by atoms with Gasteiger partial charge < -0.3 is 24.7 Å². The van der Waals surface area contributed by atoms with Crippen molar-refractivity contribution in [1.82, 2.24) is 0 Å². The van der Waals surface area contributed by atoms with E-state index in [0.717, 1.165) is 0 Å². The van der Waals surface area contributed by atoms with Crippen LogP contribution in [0.5, 0.6) is 11.5 Å². The number of carbonyl (C=O) groups is 2. The van der Waals surface area contributed by atoms with Crippen molar-refractivity contribution >= 4 is 11.8 Å². The molecule has 0 bridgehead atoms. The van der Waals surface area contributed by atoms with Gasteiger partial charge in [-0.1, -0.05) is 19.9 Å². The summed E-state index contributed by atoms with van der Waals surface area (Å²) in [4.78, 5) is 25.9. The molecule has 7 heteroatoms.